The summed E-state index contributed by atoms with van der Waals surface area (Å²) in [4.78, 5) is 54.6. The Morgan fingerprint density at radius 1 is 0.831 bits per heavy atom. The van der Waals surface area contributed by atoms with Gasteiger partial charge in [0.25, 0.3) is 6.47 Å². The molecule has 0 spiro atoms. The van der Waals surface area contributed by atoms with Gasteiger partial charge in [0.1, 0.15) is 6.07 Å². The Bertz CT molecular complexity index is 2040. The maximum atomic E-state index is 14.1. The summed E-state index contributed by atoms with van der Waals surface area (Å²) >= 11 is 22.8. The van der Waals surface area contributed by atoms with E-state index in [2.05, 4.69) is 127 Å². The number of esters is 1. The van der Waals surface area contributed by atoms with Gasteiger partial charge < -0.3 is 50.6 Å². The maximum Gasteiger partial charge on any atom is 1.00 e. The van der Waals surface area contributed by atoms with E-state index in [1.165, 1.54) is 20.3 Å². The number of rotatable bonds is 10. The molecule has 3 N–H and O–H groups in total. The summed E-state index contributed by atoms with van der Waals surface area (Å²) in [6, 6.07) is 3.66. The predicted molar refractivity (Wildman–Crippen MR) is 248 cm³/mol. The van der Waals surface area contributed by atoms with Gasteiger partial charge in [-0.15, -0.1) is 53.7 Å². The van der Waals surface area contributed by atoms with Crippen molar-refractivity contribution in [3.05, 3.63) is 65.8 Å². The Morgan fingerprint density at radius 2 is 1.22 bits per heavy atom. The van der Waals surface area contributed by atoms with Crippen LogP contribution in [0.15, 0.2) is 31.6 Å². The zero-order chi connectivity index (χ0) is 50.0. The number of hydrogen-bond donors (Lipinski definition) is 3. The van der Waals surface area contributed by atoms with Crippen LogP contribution in [0.5, 0.6) is 34.5 Å². The van der Waals surface area contributed by atoms with Crippen LogP contribution >= 0.6 is 107 Å². The number of phenols is 3. The maximum absolute atomic E-state index is 14.1. The third-order valence-electron chi connectivity index (χ3n) is 5.59. The molecule has 65 heavy (non-hydrogen) atoms. The molecule has 0 aliphatic rings. The number of carbonyl (C=O) groups is 5. The first kappa shape index (κ1) is 76.4. The Hall–Kier alpha value is -0.0923. The summed E-state index contributed by atoms with van der Waals surface area (Å²) < 4.78 is 64.0. The Kier molecular flexibility index (Phi) is 53.0. The van der Waals surface area contributed by atoms with Crippen molar-refractivity contribution in [1.82, 2.24) is 0 Å². The molecule has 0 saturated carbocycles. The minimum Gasteiger partial charge on any atom is -1.00 e. The molecule has 0 aromatic heterocycles. The van der Waals surface area contributed by atoms with E-state index in [1.54, 1.807) is 34.8 Å². The monoisotopic (exact) mass is 1380 g/mol. The van der Waals surface area contributed by atoms with Gasteiger partial charge in [-0.1, -0.05) is 17.5 Å². The number of ether oxygens (including phenoxy) is 5. The van der Waals surface area contributed by atoms with Crippen molar-refractivity contribution in [2.24, 2.45) is 5.41 Å². The summed E-state index contributed by atoms with van der Waals surface area (Å²) in [6.07, 6.45) is 5.98. The van der Waals surface area contributed by atoms with Gasteiger partial charge in [0, 0.05) is 30.9 Å². The van der Waals surface area contributed by atoms with E-state index < -0.39 is 46.1 Å². The molecule has 350 valence electrons. The molecule has 0 atom stereocenters. The fourth-order valence-corrected chi connectivity index (χ4v) is 4.09. The van der Waals surface area contributed by atoms with Gasteiger partial charge in [-0.2, -0.15) is 0 Å². The molecule has 0 amide bonds. The van der Waals surface area contributed by atoms with E-state index in [1.807, 2.05) is 0 Å². The van der Waals surface area contributed by atoms with Crippen molar-refractivity contribution in [2.75, 3.05) is 34.2 Å². The number of halogens is 10. The summed E-state index contributed by atoms with van der Waals surface area (Å²) in [6.45, 7) is 6.27. The smallest absolute Gasteiger partial charge is 1.00 e. The number of carbonyl (C=O) groups excluding carboxylic acids is 5. The SMILES string of the molecule is BrB(Br)Br.C#CC#CC.COCCl.COCOc1c(O)cc(C=O)c(Br)c1F.COc1cc(C=O)c(Br)c(F)c1OC(=O)C(C)(C)C.O=CO[O-].O=Cc1cc(O)c(O)c(F)c1Br.[H-].[K+].[K+]. The molecule has 0 saturated heterocycles. The molecule has 0 aliphatic heterocycles. The Morgan fingerprint density at radius 3 is 1.52 bits per heavy atom. The van der Waals surface area contributed by atoms with Gasteiger partial charge >= 0.3 is 112 Å². The molecule has 0 radical (unpaired) electrons. The molecule has 0 bridgehead atoms. The van der Waals surface area contributed by atoms with E-state index in [-0.39, 0.29) is 168 Å². The molecule has 0 unspecified atom stereocenters. The van der Waals surface area contributed by atoms with E-state index in [0.29, 0.717) is 24.9 Å². The fraction of sp³-hybridized carbons (Fsp3) is 0.270. The second-order valence-corrected chi connectivity index (χ2v) is 20.0. The second kappa shape index (κ2) is 45.1. The minimum atomic E-state index is -1.04. The third kappa shape index (κ3) is 33.2. The molecular formula is C37H37BBr6ClF3K2O15. The number of phenolic OH excluding ortho intramolecular Hbond substituents is 3. The van der Waals surface area contributed by atoms with Gasteiger partial charge in [-0.05, 0) is 106 Å². The van der Waals surface area contributed by atoms with Gasteiger partial charge in [0.05, 0.1) is 25.9 Å². The number of aldehydes is 3. The normalized spacial score (nSPS) is 8.82. The van der Waals surface area contributed by atoms with Crippen LogP contribution < -0.4 is 122 Å². The van der Waals surface area contributed by atoms with Crippen molar-refractivity contribution < 1.29 is 190 Å². The summed E-state index contributed by atoms with van der Waals surface area (Å²) in [5.74, 6) is 1.07. The number of terminal acetylenes is 1. The van der Waals surface area contributed by atoms with Crippen molar-refractivity contribution in [3.8, 4) is 58.7 Å². The van der Waals surface area contributed by atoms with Crippen LogP contribution in [0.4, 0.5) is 13.2 Å². The van der Waals surface area contributed by atoms with Crippen molar-refractivity contribution >= 4 is 141 Å². The third-order valence-corrected chi connectivity index (χ3v) is 8.23. The van der Waals surface area contributed by atoms with Crippen LogP contribution in [0, 0.1) is 47.1 Å². The molecule has 15 nitrogen and oxygen atoms in total. The quantitative estimate of drug-likeness (QED) is 0.0253. The first-order valence-electron chi connectivity index (χ1n) is 15.8. The molecule has 3 aromatic rings. The average molecular weight is 1380 g/mol. The van der Waals surface area contributed by atoms with Crippen LogP contribution in [0.1, 0.15) is 60.2 Å². The van der Waals surface area contributed by atoms with Crippen LogP contribution in [0.2, 0.25) is 0 Å². The Labute approximate surface area is 515 Å². The number of aromatic hydroxyl groups is 3. The first-order valence-corrected chi connectivity index (χ1v) is 21.5. The summed E-state index contributed by atoms with van der Waals surface area (Å²) in [5.41, 5.74) is -0.754. The van der Waals surface area contributed by atoms with Gasteiger partial charge in [-0.3, -0.25) is 24.0 Å². The van der Waals surface area contributed by atoms with E-state index in [9.17, 15) is 37.5 Å². The van der Waals surface area contributed by atoms with Crippen LogP contribution in [-0.2, 0) is 24.0 Å². The Balaban J connectivity index is -0.000000133. The minimum absolute atomic E-state index is 0. The molecule has 3 rings (SSSR count). The molecule has 28 heteroatoms. The number of benzene rings is 3. The fourth-order valence-electron chi connectivity index (χ4n) is 2.92. The molecule has 0 heterocycles. The van der Waals surface area contributed by atoms with Crippen LogP contribution in [0.25, 0.3) is 0 Å². The van der Waals surface area contributed by atoms with Crippen molar-refractivity contribution in [2.45, 2.75) is 27.7 Å². The van der Waals surface area contributed by atoms with Crippen LogP contribution in [0.3, 0.4) is 0 Å². The standard InChI is InChI=1S/C13H14BrFO4.C9H8BrFO4.C7H4BrFO3.C5H4.C2H5ClO.CH2O3.BBr3.2K.H/c1-13(2,3)12(17)19-11-8(18-4)5-7(6-16)9(14)10(11)15;1-14-4-15-9-6(13)2-5(3-12)7(10)8(9)11;8-5-3(2-10)1-4(11)7(12)6(5)9;1-3-5-4-2;1-4-2-3;2-1-4-3;2-1(3)4;;;/h5-6H,1-4H3;2-3,13H,4H2,1H3;1-2,11-12H;1H,2H3;2H2,1H3;1,3H;;;;/q;;;;;;;2*+1;-1/p-1. The topological polar surface area (TPSA) is 224 Å². The summed E-state index contributed by atoms with van der Waals surface area (Å²) in [7, 11) is 4.21. The van der Waals surface area contributed by atoms with E-state index >= 15 is 0 Å². The van der Waals surface area contributed by atoms with Gasteiger partial charge in [0.15, 0.2) is 66.1 Å². The van der Waals surface area contributed by atoms with E-state index in [4.69, 9.17) is 52.5 Å². The number of alkyl halides is 1. The number of methoxy groups -OCH3 is 3. The largest absolute Gasteiger partial charge is 1.00 e. The van der Waals surface area contributed by atoms with Gasteiger partial charge in [0.2, 0.25) is 11.5 Å². The van der Waals surface area contributed by atoms with Crippen molar-refractivity contribution in [3.63, 3.8) is 0 Å². The molecular weight excluding hydrogens is 1350 g/mol. The van der Waals surface area contributed by atoms with E-state index in [0.717, 1.165) is 12.1 Å². The second-order valence-electron chi connectivity index (χ2n) is 10.9. The van der Waals surface area contributed by atoms with Crippen LogP contribution in [-0.4, -0.2) is 84.0 Å². The first-order chi connectivity index (χ1) is 29.4. The van der Waals surface area contributed by atoms with Gasteiger partial charge in [-0.25, -0.2) is 13.2 Å². The molecule has 3 aromatic carbocycles. The van der Waals surface area contributed by atoms with Crippen molar-refractivity contribution in [1.29, 1.82) is 0 Å². The predicted octanol–water partition coefficient (Wildman–Crippen LogP) is 3.44. The average Bonchev–Trinajstić information content (AvgIpc) is 3.24. The molecule has 0 fully saturated rings. The summed E-state index contributed by atoms with van der Waals surface area (Å²) in [5, 5.41) is 35.5. The zero-order valence-corrected chi connectivity index (χ0v) is 52.1. The number of hydrogen-bond acceptors (Lipinski definition) is 15. The zero-order valence-electron chi connectivity index (χ0n) is 36.6. The molecule has 0 aliphatic carbocycles.